The minimum atomic E-state index is -1.52. The number of nitrogens with one attached hydrogen (secondary N) is 3. The van der Waals surface area contributed by atoms with Crippen LogP contribution in [0, 0.1) is 5.92 Å². The molecule has 9 N–H and O–H groups in total. The Kier molecular flexibility index (Phi) is 12.7. The van der Waals surface area contributed by atoms with Crippen molar-refractivity contribution in [1.29, 1.82) is 0 Å². The van der Waals surface area contributed by atoms with E-state index in [2.05, 4.69) is 16.0 Å². The lowest BCUT2D eigenvalue weighted by Crippen LogP contribution is -2.57. The second kappa shape index (κ2) is 15.1. The molecule has 3 amide bonds. The third-order valence-corrected chi connectivity index (χ3v) is 5.34. The average molecular weight is 539 g/mol. The standard InChI is InChI=1S/C24H34N4O10/c1-12(2)9-18(24(37)38)28-23(36)17(10-13-3-5-14(29)6-4-13)27-22(35)16(7-8-19(30)31)26-21(34)15(25)11-20(32)33/h3-6,12,15-18,29H,7-11,25H2,1-2H3,(H,26,34)(H,27,35)(H,28,36)(H,30,31)(H,32,33)(H,37,38). The molecule has 0 aromatic heterocycles. The van der Waals surface area contributed by atoms with Crippen molar-refractivity contribution in [1.82, 2.24) is 16.0 Å². The molecule has 0 bridgehead atoms. The first-order valence-corrected chi connectivity index (χ1v) is 11.8. The van der Waals surface area contributed by atoms with Crippen LogP contribution in [0.3, 0.4) is 0 Å². The molecule has 1 aromatic rings. The normalized spacial score (nSPS) is 14.0. The van der Waals surface area contributed by atoms with Gasteiger partial charge in [-0.3, -0.25) is 24.0 Å². The number of rotatable bonds is 16. The molecule has 14 nitrogen and oxygen atoms in total. The molecule has 38 heavy (non-hydrogen) atoms. The molecule has 0 aliphatic carbocycles. The Bertz CT molecular complexity index is 1010. The van der Waals surface area contributed by atoms with Gasteiger partial charge in [0.05, 0.1) is 12.5 Å². The predicted molar refractivity (Wildman–Crippen MR) is 132 cm³/mol. The topological polar surface area (TPSA) is 245 Å². The van der Waals surface area contributed by atoms with Crippen LogP contribution in [-0.2, 0) is 35.2 Å². The number of carboxylic acids is 3. The number of nitrogens with two attached hydrogens (primary N) is 1. The number of hydrogen-bond acceptors (Lipinski definition) is 8. The smallest absolute Gasteiger partial charge is 0.326 e. The maximum atomic E-state index is 13.1. The number of phenols is 1. The second-order valence-electron chi connectivity index (χ2n) is 9.16. The summed E-state index contributed by atoms with van der Waals surface area (Å²) < 4.78 is 0. The van der Waals surface area contributed by atoms with Gasteiger partial charge in [-0.15, -0.1) is 0 Å². The van der Waals surface area contributed by atoms with Crippen LogP contribution in [0.25, 0.3) is 0 Å². The SMILES string of the molecule is CC(C)CC(NC(=O)C(Cc1ccc(O)cc1)NC(=O)C(CCC(=O)O)NC(=O)C(N)CC(=O)O)C(=O)O. The van der Waals surface area contributed by atoms with E-state index in [1.54, 1.807) is 13.8 Å². The van der Waals surface area contributed by atoms with Crippen molar-refractivity contribution < 1.29 is 49.2 Å². The predicted octanol–water partition coefficient (Wildman–Crippen LogP) is -0.813. The van der Waals surface area contributed by atoms with Gasteiger partial charge < -0.3 is 42.1 Å². The van der Waals surface area contributed by atoms with Crippen LogP contribution in [0.1, 0.15) is 45.1 Å². The maximum Gasteiger partial charge on any atom is 0.326 e. The zero-order valence-corrected chi connectivity index (χ0v) is 21.0. The fraction of sp³-hybridized carbons (Fsp3) is 0.500. The summed E-state index contributed by atoms with van der Waals surface area (Å²) in [4.78, 5) is 72.0. The minimum Gasteiger partial charge on any atom is -0.508 e. The molecule has 0 aliphatic rings. The van der Waals surface area contributed by atoms with E-state index in [0.717, 1.165) is 0 Å². The largest absolute Gasteiger partial charge is 0.508 e. The molecule has 4 unspecified atom stereocenters. The van der Waals surface area contributed by atoms with Gasteiger partial charge in [-0.1, -0.05) is 26.0 Å². The van der Waals surface area contributed by atoms with Gasteiger partial charge in [0.25, 0.3) is 0 Å². The van der Waals surface area contributed by atoms with Gasteiger partial charge >= 0.3 is 17.9 Å². The number of hydrogen-bond donors (Lipinski definition) is 8. The van der Waals surface area contributed by atoms with E-state index in [-0.39, 0.29) is 24.5 Å². The summed E-state index contributed by atoms with van der Waals surface area (Å²) in [5.74, 6) is -6.85. The quantitative estimate of drug-likeness (QED) is 0.129. The van der Waals surface area contributed by atoms with Crippen LogP contribution in [0.2, 0.25) is 0 Å². The summed E-state index contributed by atoms with van der Waals surface area (Å²) in [6.07, 6.45) is -1.71. The molecule has 0 saturated heterocycles. The molecule has 210 valence electrons. The fourth-order valence-corrected chi connectivity index (χ4v) is 3.41. The lowest BCUT2D eigenvalue weighted by molar-refractivity contribution is -0.142. The Labute approximate surface area is 218 Å². The number of amides is 3. The number of carbonyl (C=O) groups excluding carboxylic acids is 3. The number of phenolic OH excluding ortho intramolecular Hbond substituents is 1. The van der Waals surface area contributed by atoms with E-state index in [0.29, 0.717) is 5.56 Å². The molecule has 0 aliphatic heterocycles. The highest BCUT2D eigenvalue weighted by Crippen LogP contribution is 2.13. The van der Waals surface area contributed by atoms with Crippen molar-refractivity contribution in [3.8, 4) is 5.75 Å². The molecule has 1 aromatic carbocycles. The van der Waals surface area contributed by atoms with Crippen LogP contribution in [-0.4, -0.2) is 80.2 Å². The van der Waals surface area contributed by atoms with Crippen molar-refractivity contribution >= 4 is 35.6 Å². The van der Waals surface area contributed by atoms with Crippen LogP contribution >= 0.6 is 0 Å². The third kappa shape index (κ3) is 11.7. The molecule has 14 heteroatoms. The van der Waals surface area contributed by atoms with Crippen LogP contribution in [0.4, 0.5) is 0 Å². The van der Waals surface area contributed by atoms with E-state index in [4.69, 9.17) is 15.9 Å². The highest BCUT2D eigenvalue weighted by Gasteiger charge is 2.31. The van der Waals surface area contributed by atoms with E-state index >= 15 is 0 Å². The number of aromatic hydroxyl groups is 1. The number of aliphatic carboxylic acids is 3. The summed E-state index contributed by atoms with van der Waals surface area (Å²) in [5.41, 5.74) is 6.02. The first-order valence-electron chi connectivity index (χ1n) is 11.8. The summed E-state index contributed by atoms with van der Waals surface area (Å²) >= 11 is 0. The van der Waals surface area contributed by atoms with Gasteiger partial charge in [0, 0.05) is 12.8 Å². The van der Waals surface area contributed by atoms with Gasteiger partial charge in [-0.25, -0.2) is 4.79 Å². The van der Waals surface area contributed by atoms with Crippen molar-refractivity contribution in [2.24, 2.45) is 11.7 Å². The highest BCUT2D eigenvalue weighted by molar-refractivity contribution is 5.95. The molecule has 0 fully saturated rings. The first-order chi connectivity index (χ1) is 17.7. The summed E-state index contributed by atoms with van der Waals surface area (Å²) in [5, 5.41) is 43.9. The molecular weight excluding hydrogens is 504 g/mol. The Morgan fingerprint density at radius 1 is 0.789 bits per heavy atom. The molecule has 0 saturated carbocycles. The summed E-state index contributed by atoms with van der Waals surface area (Å²) in [7, 11) is 0. The van der Waals surface area contributed by atoms with Gasteiger partial charge in [-0.05, 0) is 36.5 Å². The summed E-state index contributed by atoms with van der Waals surface area (Å²) in [6, 6.07) is 0.0695. The van der Waals surface area contributed by atoms with Gasteiger partial charge in [0.2, 0.25) is 17.7 Å². The lowest BCUT2D eigenvalue weighted by atomic mass is 10.0. The maximum absolute atomic E-state index is 13.1. The molecule has 0 spiro atoms. The van der Waals surface area contributed by atoms with Crippen molar-refractivity contribution in [2.75, 3.05) is 0 Å². The Morgan fingerprint density at radius 2 is 1.32 bits per heavy atom. The monoisotopic (exact) mass is 538 g/mol. The van der Waals surface area contributed by atoms with E-state index in [9.17, 15) is 39.0 Å². The van der Waals surface area contributed by atoms with Crippen LogP contribution in [0.15, 0.2) is 24.3 Å². The van der Waals surface area contributed by atoms with Gasteiger partial charge in [-0.2, -0.15) is 0 Å². The Morgan fingerprint density at radius 3 is 1.82 bits per heavy atom. The van der Waals surface area contributed by atoms with Gasteiger partial charge in [0.15, 0.2) is 0 Å². The molecule has 0 radical (unpaired) electrons. The van der Waals surface area contributed by atoms with Crippen LogP contribution < -0.4 is 21.7 Å². The average Bonchev–Trinajstić information content (AvgIpc) is 2.80. The van der Waals surface area contributed by atoms with Crippen molar-refractivity contribution in [2.45, 2.75) is 70.1 Å². The fourth-order valence-electron chi connectivity index (χ4n) is 3.41. The Balaban J connectivity index is 3.19. The first kappa shape index (κ1) is 31.8. The molecule has 1 rings (SSSR count). The lowest BCUT2D eigenvalue weighted by Gasteiger charge is -2.25. The van der Waals surface area contributed by atoms with Crippen molar-refractivity contribution in [3.05, 3.63) is 29.8 Å². The highest BCUT2D eigenvalue weighted by atomic mass is 16.4. The molecule has 4 atom stereocenters. The number of carbonyl (C=O) groups is 6. The third-order valence-electron chi connectivity index (χ3n) is 5.34. The van der Waals surface area contributed by atoms with Crippen LogP contribution in [0.5, 0.6) is 5.75 Å². The summed E-state index contributed by atoms with van der Waals surface area (Å²) in [6.45, 7) is 3.53. The molecular formula is C24H34N4O10. The zero-order chi connectivity index (χ0) is 29.0. The van der Waals surface area contributed by atoms with E-state index in [1.807, 2.05) is 0 Å². The number of carboxylic acid groups (broad SMARTS) is 3. The number of benzene rings is 1. The zero-order valence-electron chi connectivity index (χ0n) is 21.0. The minimum absolute atomic E-state index is 0.0455. The van der Waals surface area contributed by atoms with E-state index in [1.165, 1.54) is 24.3 Å². The molecule has 0 heterocycles. The Hall–Kier alpha value is -4.20. The van der Waals surface area contributed by atoms with Crippen molar-refractivity contribution in [3.63, 3.8) is 0 Å². The van der Waals surface area contributed by atoms with Gasteiger partial charge in [0.1, 0.15) is 23.9 Å². The van der Waals surface area contributed by atoms with E-state index < -0.39 is 79.1 Å². The second-order valence-corrected chi connectivity index (χ2v) is 9.16.